The van der Waals surface area contributed by atoms with Crippen molar-refractivity contribution in [2.24, 2.45) is 0 Å². The predicted octanol–water partition coefficient (Wildman–Crippen LogP) is 2.42. The Balaban J connectivity index is 1.57. The molecule has 0 amide bonds. The van der Waals surface area contributed by atoms with Crippen molar-refractivity contribution in [2.75, 3.05) is 11.6 Å². The highest BCUT2D eigenvalue weighted by Gasteiger charge is 2.35. The van der Waals surface area contributed by atoms with Gasteiger partial charge in [-0.2, -0.15) is 0 Å². The van der Waals surface area contributed by atoms with E-state index >= 15 is 0 Å². The van der Waals surface area contributed by atoms with E-state index in [4.69, 9.17) is 10.1 Å². The van der Waals surface area contributed by atoms with Gasteiger partial charge in [0, 0.05) is 24.6 Å². The molecule has 2 unspecified atom stereocenters. The van der Waals surface area contributed by atoms with Gasteiger partial charge in [-0.25, -0.2) is 22.8 Å². The maximum Gasteiger partial charge on any atom is 0.227 e. The Bertz CT molecular complexity index is 1030. The van der Waals surface area contributed by atoms with Gasteiger partial charge in [-0.15, -0.1) is 0 Å². The number of ether oxygens (including phenoxy) is 1. The van der Waals surface area contributed by atoms with Crippen molar-refractivity contribution in [1.29, 1.82) is 5.41 Å². The number of hydrogen-bond donors (Lipinski definition) is 3. The molecule has 1 aromatic heterocycles. The fraction of sp³-hybridized carbons (Fsp3) is 0.421. The molecular weight excluding hydrogens is 397 g/mol. The van der Waals surface area contributed by atoms with Crippen molar-refractivity contribution in [1.82, 2.24) is 15.3 Å². The largest absolute Gasteiger partial charge is 0.474 e. The number of fused-ring (bicyclic) bond motifs is 2. The summed E-state index contributed by atoms with van der Waals surface area (Å²) in [6.45, 7) is 0. The van der Waals surface area contributed by atoms with E-state index in [-0.39, 0.29) is 28.4 Å². The van der Waals surface area contributed by atoms with Crippen LogP contribution in [-0.4, -0.2) is 49.0 Å². The Labute approximate surface area is 168 Å². The Hall–Kier alpha value is -2.59. The third kappa shape index (κ3) is 4.23. The molecule has 3 heterocycles. The molecule has 2 aromatic rings. The van der Waals surface area contributed by atoms with Crippen molar-refractivity contribution in [3.8, 4) is 5.88 Å². The van der Waals surface area contributed by atoms with Gasteiger partial charge in [0.25, 0.3) is 0 Å². The summed E-state index contributed by atoms with van der Waals surface area (Å²) in [4.78, 5) is 8.16. The molecule has 2 fully saturated rings. The topological polar surface area (TPSA) is 117 Å². The summed E-state index contributed by atoms with van der Waals surface area (Å²) in [5.74, 6) is -0.246. The Morgan fingerprint density at radius 3 is 2.62 bits per heavy atom. The van der Waals surface area contributed by atoms with Crippen molar-refractivity contribution >= 4 is 27.6 Å². The smallest absolute Gasteiger partial charge is 0.227 e. The Morgan fingerprint density at radius 2 is 2.00 bits per heavy atom. The molecule has 4 rings (SSSR count). The first-order valence-corrected chi connectivity index (χ1v) is 11.3. The zero-order valence-electron chi connectivity index (χ0n) is 15.9. The molecule has 8 nitrogen and oxygen atoms in total. The third-order valence-corrected chi connectivity index (χ3v) is 6.43. The van der Waals surface area contributed by atoms with Crippen LogP contribution in [0.15, 0.2) is 29.4 Å². The highest BCUT2D eigenvalue weighted by Crippen LogP contribution is 2.31. The van der Waals surface area contributed by atoms with Gasteiger partial charge in [-0.1, -0.05) is 0 Å². The maximum absolute atomic E-state index is 14.4. The summed E-state index contributed by atoms with van der Waals surface area (Å²) < 4.78 is 43.6. The van der Waals surface area contributed by atoms with Crippen LogP contribution in [0.4, 0.5) is 15.9 Å². The number of hydrogen-bond acceptors (Lipinski definition) is 8. The van der Waals surface area contributed by atoms with Gasteiger partial charge in [0.2, 0.25) is 5.88 Å². The maximum atomic E-state index is 14.4. The molecule has 154 valence electrons. The lowest BCUT2D eigenvalue weighted by Gasteiger charge is -2.29. The third-order valence-electron chi connectivity index (χ3n) is 5.32. The van der Waals surface area contributed by atoms with Gasteiger partial charge in [0.1, 0.15) is 24.1 Å². The van der Waals surface area contributed by atoms with Crippen molar-refractivity contribution in [3.63, 3.8) is 0 Å². The highest BCUT2D eigenvalue weighted by atomic mass is 32.2. The number of sulfone groups is 1. The molecule has 29 heavy (non-hydrogen) atoms. The van der Waals surface area contributed by atoms with Crippen LogP contribution in [0.25, 0.3) is 0 Å². The molecule has 2 bridgehead atoms. The first-order chi connectivity index (χ1) is 13.8. The lowest BCUT2D eigenvalue weighted by molar-refractivity contribution is 0.131. The molecule has 0 radical (unpaired) electrons. The monoisotopic (exact) mass is 419 g/mol. The van der Waals surface area contributed by atoms with Crippen LogP contribution in [0.3, 0.4) is 0 Å². The van der Waals surface area contributed by atoms with E-state index in [1.54, 1.807) is 0 Å². The summed E-state index contributed by atoms with van der Waals surface area (Å²) in [5.41, 5.74) is 0.357. The molecule has 2 aliphatic heterocycles. The number of benzene rings is 1. The van der Waals surface area contributed by atoms with E-state index < -0.39 is 15.7 Å². The second-order valence-corrected chi connectivity index (χ2v) is 9.49. The summed E-state index contributed by atoms with van der Waals surface area (Å²) in [6, 6.07) is 4.49. The van der Waals surface area contributed by atoms with E-state index in [1.165, 1.54) is 18.5 Å². The molecule has 1 aromatic carbocycles. The normalized spacial score (nSPS) is 23.6. The van der Waals surface area contributed by atoms with Gasteiger partial charge >= 0.3 is 0 Å². The van der Waals surface area contributed by atoms with Crippen LogP contribution in [-0.2, 0) is 9.84 Å². The van der Waals surface area contributed by atoms with E-state index in [0.717, 1.165) is 44.2 Å². The average Bonchev–Trinajstić information content (AvgIpc) is 3.01. The van der Waals surface area contributed by atoms with Gasteiger partial charge in [-0.05, 0) is 43.9 Å². The van der Waals surface area contributed by atoms with Gasteiger partial charge in [-0.3, -0.25) is 0 Å². The van der Waals surface area contributed by atoms with Gasteiger partial charge in [0.05, 0.1) is 16.1 Å². The minimum Gasteiger partial charge on any atom is -0.474 e. The van der Waals surface area contributed by atoms with Crippen molar-refractivity contribution in [2.45, 2.75) is 48.8 Å². The molecule has 3 N–H and O–H groups in total. The van der Waals surface area contributed by atoms with E-state index in [1.807, 2.05) is 0 Å². The first kappa shape index (κ1) is 19.7. The quantitative estimate of drug-likeness (QED) is 0.616. The molecule has 2 saturated heterocycles. The Morgan fingerprint density at radius 1 is 1.28 bits per heavy atom. The standard InChI is InChI=1S/C19H22FN5O3S/c1-29(26,27)14-4-5-17(16(20)8-14)25-18-15(9-21)19(23-10-22-18)28-13-6-11-2-3-12(7-13)24-11/h4-5,8-13,21,24H,2-3,6-7H2,1H3,(H,22,23,25). The van der Waals surface area contributed by atoms with Gasteiger partial charge in [0.15, 0.2) is 9.84 Å². The summed E-state index contributed by atoms with van der Waals surface area (Å²) in [5, 5.41) is 14.1. The number of rotatable bonds is 6. The van der Waals surface area contributed by atoms with Crippen LogP contribution in [0, 0.1) is 11.2 Å². The summed E-state index contributed by atoms with van der Waals surface area (Å²) in [7, 11) is -3.51. The number of halogens is 1. The predicted molar refractivity (Wildman–Crippen MR) is 106 cm³/mol. The Kier molecular flexibility index (Phi) is 5.22. The van der Waals surface area contributed by atoms with Crippen LogP contribution in [0.2, 0.25) is 0 Å². The van der Waals surface area contributed by atoms with Crippen LogP contribution >= 0.6 is 0 Å². The zero-order chi connectivity index (χ0) is 20.6. The number of anilines is 2. The lowest BCUT2D eigenvalue weighted by Crippen LogP contribution is -2.42. The molecule has 10 heteroatoms. The fourth-order valence-corrected chi connectivity index (χ4v) is 4.55. The fourth-order valence-electron chi connectivity index (χ4n) is 3.92. The zero-order valence-corrected chi connectivity index (χ0v) is 16.7. The van der Waals surface area contributed by atoms with E-state index in [9.17, 15) is 12.8 Å². The number of nitrogens with zero attached hydrogens (tertiary/aromatic N) is 2. The molecule has 0 spiro atoms. The minimum absolute atomic E-state index is 0.000908. The summed E-state index contributed by atoms with van der Waals surface area (Å²) >= 11 is 0. The molecule has 2 atom stereocenters. The second kappa shape index (κ2) is 7.68. The number of piperidine rings is 1. The van der Waals surface area contributed by atoms with E-state index in [0.29, 0.717) is 17.6 Å². The second-order valence-electron chi connectivity index (χ2n) is 7.47. The summed E-state index contributed by atoms with van der Waals surface area (Å²) in [6.07, 6.45) is 7.41. The SMILES string of the molecule is CS(=O)(=O)c1ccc(Nc2ncnc(OC3CC4CCC(C3)N4)c2C=N)c(F)c1. The van der Waals surface area contributed by atoms with Crippen LogP contribution in [0.1, 0.15) is 31.2 Å². The highest BCUT2D eigenvalue weighted by molar-refractivity contribution is 7.90. The van der Waals surface area contributed by atoms with Crippen molar-refractivity contribution < 1.29 is 17.5 Å². The molecular formula is C19H22FN5O3S. The molecule has 0 saturated carbocycles. The number of nitrogens with one attached hydrogen (secondary N) is 3. The van der Waals surface area contributed by atoms with Crippen molar-refractivity contribution in [3.05, 3.63) is 35.9 Å². The molecule has 2 aliphatic rings. The minimum atomic E-state index is -3.51. The van der Waals surface area contributed by atoms with E-state index in [2.05, 4.69) is 20.6 Å². The first-order valence-electron chi connectivity index (χ1n) is 9.38. The lowest BCUT2D eigenvalue weighted by atomic mass is 10.0. The van der Waals surface area contributed by atoms with Gasteiger partial charge < -0.3 is 20.8 Å². The average molecular weight is 419 g/mol. The van der Waals surface area contributed by atoms with Crippen LogP contribution < -0.4 is 15.4 Å². The van der Waals surface area contributed by atoms with Crippen LogP contribution in [0.5, 0.6) is 5.88 Å². The number of aromatic nitrogens is 2. The molecule has 0 aliphatic carbocycles.